The Balaban J connectivity index is 0.00000192. The van der Waals surface area contributed by atoms with Gasteiger partial charge in [0.05, 0.1) is 13.2 Å². The van der Waals surface area contributed by atoms with E-state index in [1.165, 1.54) is 20.0 Å². The lowest BCUT2D eigenvalue weighted by molar-refractivity contribution is -0.117. The highest BCUT2D eigenvalue weighted by atomic mass is 35.5. The molecule has 1 aromatic carbocycles. The summed E-state index contributed by atoms with van der Waals surface area (Å²) in [5.74, 6) is -1.80. The fraction of sp³-hybridized carbons (Fsp3) is 0.562. The van der Waals surface area contributed by atoms with Crippen molar-refractivity contribution in [3.63, 3.8) is 0 Å². The number of amides is 1. The first-order valence-electron chi connectivity index (χ1n) is 7.68. The maximum atomic E-state index is 13.6. The fourth-order valence-corrected chi connectivity index (χ4v) is 3.58. The maximum absolute atomic E-state index is 13.6. The van der Waals surface area contributed by atoms with Crippen molar-refractivity contribution in [2.24, 2.45) is 5.92 Å². The Hall–Kier alpha value is -1.40. The van der Waals surface area contributed by atoms with E-state index < -0.39 is 17.4 Å². The minimum Gasteiger partial charge on any atom is -0.491 e. The molecule has 23 heavy (non-hydrogen) atoms. The van der Waals surface area contributed by atoms with Crippen LogP contribution in [-0.4, -0.2) is 25.1 Å². The molecule has 1 aliphatic heterocycles. The highest BCUT2D eigenvalue weighted by molar-refractivity contribution is 5.95. The second kappa shape index (κ2) is 7.45. The number of hydrogen-bond acceptors (Lipinski definition) is 3. The molecule has 2 N–H and O–H groups in total. The summed E-state index contributed by atoms with van der Waals surface area (Å²) < 4.78 is 31.9. The Kier molecular flexibility index (Phi) is 5.81. The van der Waals surface area contributed by atoms with E-state index in [-0.39, 0.29) is 30.0 Å². The Morgan fingerprint density at radius 1 is 1.26 bits per heavy atom. The number of carbonyl (C=O) groups is 1. The standard InChI is InChI=1S/C16H20F2N2O2.ClH/c1-22-15-11(17)7-10(8-12(15)18)19-16(21)14-6-9-4-2-3-5-13(9)20-14;/h7-9,13-14,20H,2-6H2,1H3,(H,19,21);1H. The Morgan fingerprint density at radius 2 is 1.91 bits per heavy atom. The molecule has 7 heteroatoms. The molecule has 0 aromatic heterocycles. The average molecular weight is 347 g/mol. The van der Waals surface area contributed by atoms with Crippen molar-refractivity contribution in [2.75, 3.05) is 12.4 Å². The number of ether oxygens (including phenoxy) is 1. The smallest absolute Gasteiger partial charge is 0.241 e. The van der Waals surface area contributed by atoms with Crippen LogP contribution in [0, 0.1) is 17.6 Å². The summed E-state index contributed by atoms with van der Waals surface area (Å²) >= 11 is 0. The topological polar surface area (TPSA) is 50.4 Å². The lowest BCUT2D eigenvalue weighted by Crippen LogP contribution is -2.39. The number of carbonyl (C=O) groups excluding carboxylic acids is 1. The first-order valence-corrected chi connectivity index (χ1v) is 7.68. The molecule has 128 valence electrons. The third-order valence-electron chi connectivity index (χ3n) is 4.65. The van der Waals surface area contributed by atoms with Crippen molar-refractivity contribution in [2.45, 2.75) is 44.2 Å². The number of hydrogen-bond donors (Lipinski definition) is 2. The quantitative estimate of drug-likeness (QED) is 0.883. The third-order valence-corrected chi connectivity index (χ3v) is 4.65. The van der Waals surface area contributed by atoms with Gasteiger partial charge in [-0.15, -0.1) is 12.4 Å². The van der Waals surface area contributed by atoms with Gasteiger partial charge in [0.2, 0.25) is 5.91 Å². The molecule has 4 nitrogen and oxygen atoms in total. The SMILES string of the molecule is COc1c(F)cc(NC(=O)C2CC3CCCCC3N2)cc1F.Cl. The van der Waals surface area contributed by atoms with Crippen LogP contribution in [0.25, 0.3) is 0 Å². The molecular weight excluding hydrogens is 326 g/mol. The minimum absolute atomic E-state index is 0. The molecule has 1 amide bonds. The van der Waals surface area contributed by atoms with Crippen LogP contribution in [0.3, 0.4) is 0 Å². The highest BCUT2D eigenvalue weighted by Gasteiger charge is 2.38. The van der Waals surface area contributed by atoms with Crippen molar-refractivity contribution in [3.05, 3.63) is 23.8 Å². The Bertz CT molecular complexity index is 548. The summed E-state index contributed by atoms with van der Waals surface area (Å²) in [5.41, 5.74) is 0.109. The largest absolute Gasteiger partial charge is 0.491 e. The van der Waals surface area contributed by atoms with Gasteiger partial charge in [-0.3, -0.25) is 4.79 Å². The van der Waals surface area contributed by atoms with Gasteiger partial charge in [-0.05, 0) is 25.2 Å². The van der Waals surface area contributed by atoms with Crippen LogP contribution in [0.4, 0.5) is 14.5 Å². The second-order valence-corrected chi connectivity index (χ2v) is 6.07. The summed E-state index contributed by atoms with van der Waals surface area (Å²) in [6.45, 7) is 0. The van der Waals surface area contributed by atoms with Crippen LogP contribution in [0.2, 0.25) is 0 Å². The van der Waals surface area contributed by atoms with E-state index in [0.717, 1.165) is 31.4 Å². The summed E-state index contributed by atoms with van der Waals surface area (Å²) in [6.07, 6.45) is 5.44. The first kappa shape index (κ1) is 17.9. The molecule has 3 rings (SSSR count). The van der Waals surface area contributed by atoms with Gasteiger partial charge in [0.25, 0.3) is 0 Å². The van der Waals surface area contributed by atoms with Crippen LogP contribution in [0.15, 0.2) is 12.1 Å². The molecule has 0 radical (unpaired) electrons. The molecule has 1 aliphatic carbocycles. The Labute approximate surface area is 140 Å². The lowest BCUT2D eigenvalue weighted by Gasteiger charge is -2.24. The van der Waals surface area contributed by atoms with Gasteiger partial charge in [-0.1, -0.05) is 12.8 Å². The summed E-state index contributed by atoms with van der Waals surface area (Å²) in [5, 5.41) is 5.93. The number of nitrogens with one attached hydrogen (secondary N) is 2. The second-order valence-electron chi connectivity index (χ2n) is 6.07. The molecule has 1 aromatic rings. The van der Waals surface area contributed by atoms with Crippen molar-refractivity contribution in [1.29, 1.82) is 0 Å². The van der Waals surface area contributed by atoms with Crippen molar-refractivity contribution in [3.8, 4) is 5.75 Å². The van der Waals surface area contributed by atoms with Crippen LogP contribution >= 0.6 is 12.4 Å². The molecule has 2 fully saturated rings. The number of fused-ring (bicyclic) bond motifs is 1. The molecule has 3 unspecified atom stereocenters. The minimum atomic E-state index is -0.828. The van der Waals surface area contributed by atoms with Crippen molar-refractivity contribution in [1.82, 2.24) is 5.32 Å². The van der Waals surface area contributed by atoms with E-state index in [1.807, 2.05) is 0 Å². The zero-order chi connectivity index (χ0) is 15.7. The van der Waals surface area contributed by atoms with E-state index in [0.29, 0.717) is 12.0 Å². The summed E-state index contributed by atoms with van der Waals surface area (Å²) in [7, 11) is 1.20. The van der Waals surface area contributed by atoms with Gasteiger partial charge in [0.1, 0.15) is 0 Å². The van der Waals surface area contributed by atoms with E-state index in [1.54, 1.807) is 0 Å². The zero-order valence-corrected chi connectivity index (χ0v) is 13.7. The number of benzene rings is 1. The predicted octanol–water partition coefficient (Wildman–Crippen LogP) is 3.25. The number of methoxy groups -OCH3 is 1. The van der Waals surface area contributed by atoms with E-state index in [2.05, 4.69) is 15.4 Å². The molecule has 1 saturated carbocycles. The first-order chi connectivity index (χ1) is 10.6. The van der Waals surface area contributed by atoms with Gasteiger partial charge in [-0.25, -0.2) is 8.78 Å². The van der Waals surface area contributed by atoms with Crippen molar-refractivity contribution < 1.29 is 18.3 Å². The maximum Gasteiger partial charge on any atom is 0.241 e. The van der Waals surface area contributed by atoms with Gasteiger partial charge in [-0.2, -0.15) is 0 Å². The van der Waals surface area contributed by atoms with Crippen LogP contribution < -0.4 is 15.4 Å². The van der Waals surface area contributed by atoms with Gasteiger partial charge < -0.3 is 15.4 Å². The molecule has 2 aliphatic rings. The summed E-state index contributed by atoms with van der Waals surface area (Å²) in [6, 6.07) is 2.25. The number of halogens is 3. The monoisotopic (exact) mass is 346 g/mol. The lowest BCUT2D eigenvalue weighted by atomic mass is 9.85. The van der Waals surface area contributed by atoms with Crippen LogP contribution in [-0.2, 0) is 4.79 Å². The fourth-order valence-electron chi connectivity index (χ4n) is 3.58. The van der Waals surface area contributed by atoms with Crippen LogP contribution in [0.5, 0.6) is 5.75 Å². The van der Waals surface area contributed by atoms with E-state index in [4.69, 9.17) is 0 Å². The van der Waals surface area contributed by atoms with Gasteiger partial charge >= 0.3 is 0 Å². The molecule has 1 saturated heterocycles. The zero-order valence-electron chi connectivity index (χ0n) is 12.9. The van der Waals surface area contributed by atoms with E-state index in [9.17, 15) is 13.6 Å². The van der Waals surface area contributed by atoms with Gasteiger partial charge in [0, 0.05) is 23.9 Å². The normalized spacial score (nSPS) is 26.1. The Morgan fingerprint density at radius 3 is 2.52 bits per heavy atom. The molecular formula is C16H21ClF2N2O2. The summed E-state index contributed by atoms with van der Waals surface area (Å²) in [4.78, 5) is 12.3. The average Bonchev–Trinajstić information content (AvgIpc) is 2.91. The highest BCUT2D eigenvalue weighted by Crippen LogP contribution is 2.33. The molecule has 1 heterocycles. The molecule has 3 atom stereocenters. The molecule has 0 bridgehead atoms. The predicted molar refractivity (Wildman–Crippen MR) is 86.1 cm³/mol. The van der Waals surface area contributed by atoms with Gasteiger partial charge in [0.15, 0.2) is 17.4 Å². The van der Waals surface area contributed by atoms with Crippen molar-refractivity contribution >= 4 is 24.0 Å². The number of anilines is 1. The third kappa shape index (κ3) is 3.75. The van der Waals surface area contributed by atoms with Crippen LogP contribution in [0.1, 0.15) is 32.1 Å². The van der Waals surface area contributed by atoms with E-state index >= 15 is 0 Å². The number of rotatable bonds is 3. The molecule has 0 spiro atoms.